The van der Waals surface area contributed by atoms with Crippen LogP contribution in [0.1, 0.15) is 41.6 Å². The molecule has 1 atom stereocenters. The van der Waals surface area contributed by atoms with Gasteiger partial charge in [0.1, 0.15) is 5.75 Å². The van der Waals surface area contributed by atoms with Crippen molar-refractivity contribution in [1.29, 1.82) is 0 Å². The van der Waals surface area contributed by atoms with Gasteiger partial charge in [0.15, 0.2) is 0 Å². The number of ether oxygens (including phenoxy) is 1. The van der Waals surface area contributed by atoms with Crippen LogP contribution in [0.2, 0.25) is 0 Å². The minimum atomic E-state index is -0.224. The molecular weight excluding hydrogens is 378 g/mol. The number of hydrogen-bond acceptors (Lipinski definition) is 4. The molecule has 2 amide bonds. The van der Waals surface area contributed by atoms with E-state index in [2.05, 4.69) is 10.2 Å². The number of para-hydroxylation sites is 2. The summed E-state index contributed by atoms with van der Waals surface area (Å²) in [5.74, 6) is 0.540. The molecule has 0 spiro atoms. The van der Waals surface area contributed by atoms with Crippen LogP contribution in [0.4, 0.5) is 5.69 Å². The summed E-state index contributed by atoms with van der Waals surface area (Å²) in [7, 11) is 1.60. The van der Waals surface area contributed by atoms with Gasteiger partial charge in [-0.1, -0.05) is 36.8 Å². The summed E-state index contributed by atoms with van der Waals surface area (Å²) in [6.07, 6.45) is 4.02. The fraction of sp³-hybridized carbons (Fsp3) is 0.417. The summed E-state index contributed by atoms with van der Waals surface area (Å²) in [6, 6.07) is 15.0. The molecule has 158 valence electrons. The van der Waals surface area contributed by atoms with Gasteiger partial charge in [0.2, 0.25) is 5.91 Å². The second-order valence-corrected chi connectivity index (χ2v) is 8.04. The van der Waals surface area contributed by atoms with Crippen LogP contribution in [0, 0.1) is 0 Å². The van der Waals surface area contributed by atoms with Crippen molar-refractivity contribution in [2.45, 2.75) is 38.3 Å². The van der Waals surface area contributed by atoms with Crippen LogP contribution < -0.4 is 15.0 Å². The van der Waals surface area contributed by atoms with Crippen molar-refractivity contribution < 1.29 is 14.3 Å². The van der Waals surface area contributed by atoms with Crippen LogP contribution in [0.3, 0.4) is 0 Å². The Morgan fingerprint density at radius 1 is 1.07 bits per heavy atom. The van der Waals surface area contributed by atoms with E-state index in [1.807, 2.05) is 48.5 Å². The number of nitrogens with zero attached hydrogens (tertiary/aromatic N) is 2. The summed E-state index contributed by atoms with van der Waals surface area (Å²) in [5.41, 5.74) is 2.49. The maximum Gasteiger partial charge on any atom is 0.251 e. The second kappa shape index (κ2) is 9.30. The van der Waals surface area contributed by atoms with Crippen LogP contribution in [0.15, 0.2) is 48.5 Å². The molecule has 2 aromatic rings. The molecule has 6 nitrogen and oxygen atoms in total. The van der Waals surface area contributed by atoms with E-state index in [9.17, 15) is 9.59 Å². The Balaban J connectivity index is 1.44. The average Bonchev–Trinajstić information content (AvgIpc) is 3.14. The minimum Gasteiger partial charge on any atom is -0.495 e. The van der Waals surface area contributed by atoms with Crippen LogP contribution in [-0.2, 0) is 11.3 Å². The van der Waals surface area contributed by atoms with Crippen LogP contribution in [0.25, 0.3) is 0 Å². The zero-order valence-corrected chi connectivity index (χ0v) is 17.5. The molecule has 2 heterocycles. The van der Waals surface area contributed by atoms with Crippen molar-refractivity contribution >= 4 is 17.5 Å². The largest absolute Gasteiger partial charge is 0.495 e. The van der Waals surface area contributed by atoms with E-state index in [1.54, 1.807) is 12.0 Å². The smallest absolute Gasteiger partial charge is 0.251 e. The molecule has 1 unspecified atom stereocenters. The Kier molecular flexibility index (Phi) is 6.33. The number of rotatable bonds is 6. The van der Waals surface area contributed by atoms with Crippen molar-refractivity contribution in [3.8, 4) is 5.75 Å². The lowest BCUT2D eigenvalue weighted by Gasteiger charge is -2.27. The van der Waals surface area contributed by atoms with Gasteiger partial charge in [-0.05, 0) is 49.7 Å². The fourth-order valence-electron chi connectivity index (χ4n) is 4.39. The molecule has 6 heteroatoms. The van der Waals surface area contributed by atoms with Gasteiger partial charge < -0.3 is 15.0 Å². The molecule has 2 fully saturated rings. The van der Waals surface area contributed by atoms with E-state index in [-0.39, 0.29) is 24.3 Å². The number of carbonyl (C=O) groups is 2. The summed E-state index contributed by atoms with van der Waals surface area (Å²) in [4.78, 5) is 29.8. The van der Waals surface area contributed by atoms with Gasteiger partial charge in [-0.3, -0.25) is 14.5 Å². The maximum absolute atomic E-state index is 13.1. The number of methoxy groups -OCH3 is 1. The Morgan fingerprint density at radius 3 is 2.60 bits per heavy atom. The highest BCUT2D eigenvalue weighted by Gasteiger charge is 2.33. The third kappa shape index (κ3) is 4.49. The number of amides is 2. The lowest BCUT2D eigenvalue weighted by atomic mass is 10.0. The quantitative estimate of drug-likeness (QED) is 0.799. The summed E-state index contributed by atoms with van der Waals surface area (Å²) in [5, 5.41) is 3.08. The summed E-state index contributed by atoms with van der Waals surface area (Å²) >= 11 is 0. The van der Waals surface area contributed by atoms with Gasteiger partial charge in [0.25, 0.3) is 5.91 Å². The zero-order valence-electron chi connectivity index (χ0n) is 17.5. The molecule has 4 rings (SSSR count). The van der Waals surface area contributed by atoms with Gasteiger partial charge in [-0.25, -0.2) is 0 Å². The number of benzene rings is 2. The Morgan fingerprint density at radius 2 is 1.80 bits per heavy atom. The van der Waals surface area contributed by atoms with Crippen molar-refractivity contribution in [3.05, 3.63) is 59.7 Å². The Bertz CT molecular complexity index is 908. The molecule has 2 saturated heterocycles. The lowest BCUT2D eigenvalue weighted by molar-refractivity contribution is -0.117. The predicted molar refractivity (Wildman–Crippen MR) is 117 cm³/mol. The molecule has 0 aromatic heterocycles. The highest BCUT2D eigenvalue weighted by molar-refractivity contribution is 6.00. The SMILES string of the molecule is COc1ccccc1N1CC(NC(=O)c2ccccc2CN2CCCCC2)CC1=O. The van der Waals surface area contributed by atoms with E-state index in [1.165, 1.54) is 19.3 Å². The zero-order chi connectivity index (χ0) is 20.9. The highest BCUT2D eigenvalue weighted by atomic mass is 16.5. The van der Waals surface area contributed by atoms with Gasteiger partial charge in [-0.2, -0.15) is 0 Å². The summed E-state index contributed by atoms with van der Waals surface area (Å²) < 4.78 is 5.39. The van der Waals surface area contributed by atoms with Gasteiger partial charge in [0.05, 0.1) is 18.8 Å². The average molecular weight is 408 g/mol. The first-order chi connectivity index (χ1) is 14.7. The van der Waals surface area contributed by atoms with E-state index in [0.717, 1.165) is 30.9 Å². The minimum absolute atomic E-state index is 0.00796. The van der Waals surface area contributed by atoms with Crippen molar-refractivity contribution in [1.82, 2.24) is 10.2 Å². The molecule has 30 heavy (non-hydrogen) atoms. The lowest BCUT2D eigenvalue weighted by Crippen LogP contribution is -2.38. The number of likely N-dealkylation sites (tertiary alicyclic amines) is 1. The predicted octanol–water partition coefficient (Wildman–Crippen LogP) is 3.22. The van der Waals surface area contributed by atoms with Crippen LogP contribution in [-0.4, -0.2) is 49.5 Å². The van der Waals surface area contributed by atoms with Gasteiger partial charge in [0, 0.05) is 25.1 Å². The van der Waals surface area contributed by atoms with E-state index in [0.29, 0.717) is 17.9 Å². The van der Waals surface area contributed by atoms with Crippen LogP contribution in [0.5, 0.6) is 5.75 Å². The maximum atomic E-state index is 13.1. The van der Waals surface area contributed by atoms with E-state index >= 15 is 0 Å². The van der Waals surface area contributed by atoms with Crippen molar-refractivity contribution in [2.24, 2.45) is 0 Å². The molecule has 0 bridgehead atoms. The molecule has 0 saturated carbocycles. The molecular formula is C24H29N3O3. The number of carbonyl (C=O) groups excluding carboxylic acids is 2. The number of nitrogens with one attached hydrogen (secondary N) is 1. The second-order valence-electron chi connectivity index (χ2n) is 8.04. The molecule has 2 aliphatic heterocycles. The van der Waals surface area contributed by atoms with E-state index in [4.69, 9.17) is 4.74 Å². The molecule has 0 aliphatic carbocycles. The Hall–Kier alpha value is -2.86. The molecule has 0 radical (unpaired) electrons. The van der Waals surface area contributed by atoms with Crippen molar-refractivity contribution in [2.75, 3.05) is 31.6 Å². The van der Waals surface area contributed by atoms with E-state index < -0.39 is 0 Å². The first kappa shape index (κ1) is 20.4. The number of hydrogen-bond donors (Lipinski definition) is 1. The number of piperidine rings is 1. The van der Waals surface area contributed by atoms with Gasteiger partial charge >= 0.3 is 0 Å². The molecule has 2 aromatic carbocycles. The topological polar surface area (TPSA) is 61.9 Å². The standard InChI is InChI=1S/C24H29N3O3/c1-30-22-12-6-5-11-21(22)27-17-19(15-23(27)28)25-24(29)20-10-4-3-9-18(20)16-26-13-7-2-8-14-26/h3-6,9-12,19H,2,7-8,13-17H2,1H3,(H,25,29). The molecule has 1 N–H and O–H groups in total. The first-order valence-corrected chi connectivity index (χ1v) is 10.7. The number of anilines is 1. The third-order valence-electron chi connectivity index (χ3n) is 5.94. The highest BCUT2D eigenvalue weighted by Crippen LogP contribution is 2.31. The first-order valence-electron chi connectivity index (χ1n) is 10.7. The summed E-state index contributed by atoms with van der Waals surface area (Å²) in [6.45, 7) is 3.40. The van der Waals surface area contributed by atoms with Crippen molar-refractivity contribution in [3.63, 3.8) is 0 Å². The Labute approximate surface area is 177 Å². The third-order valence-corrected chi connectivity index (χ3v) is 5.94. The van der Waals surface area contributed by atoms with Crippen LogP contribution >= 0.6 is 0 Å². The van der Waals surface area contributed by atoms with Gasteiger partial charge in [-0.15, -0.1) is 0 Å². The monoisotopic (exact) mass is 407 g/mol. The fourth-order valence-corrected chi connectivity index (χ4v) is 4.39. The molecule has 2 aliphatic rings. The normalized spacial score (nSPS) is 19.7.